The molecule has 4 aliphatic rings. The number of amides is 7. The first kappa shape index (κ1) is 48.6. The molecule has 20 nitrogen and oxygen atoms in total. The zero-order chi connectivity index (χ0) is 47.0. The Bertz CT molecular complexity index is 2230. The quantitative estimate of drug-likeness (QED) is 0.106. The number of aliphatic hydroxyl groups excluding tert-OH is 2. The Labute approximate surface area is 368 Å². The van der Waals surface area contributed by atoms with E-state index in [-0.39, 0.29) is 84.1 Å². The van der Waals surface area contributed by atoms with Crippen LogP contribution in [-0.4, -0.2) is 127 Å². The molecule has 1 aromatic carbocycles. The lowest BCUT2D eigenvalue weighted by atomic mass is 9.84. The third-order valence-electron chi connectivity index (χ3n) is 11.3. The summed E-state index contributed by atoms with van der Waals surface area (Å²) in [6, 6.07) is 2.99. The first-order chi connectivity index (χ1) is 30.4. The Kier molecular flexibility index (Phi) is 16.1. The van der Waals surface area contributed by atoms with Gasteiger partial charge in [-0.05, 0) is 62.8 Å². The van der Waals surface area contributed by atoms with Gasteiger partial charge < -0.3 is 45.5 Å². The van der Waals surface area contributed by atoms with Crippen LogP contribution in [0.15, 0.2) is 76.7 Å². The van der Waals surface area contributed by atoms with Crippen LogP contribution in [-0.2, 0) is 38.1 Å². The van der Waals surface area contributed by atoms with Crippen molar-refractivity contribution in [3.63, 3.8) is 0 Å². The summed E-state index contributed by atoms with van der Waals surface area (Å²) in [4.78, 5) is 104. The summed E-state index contributed by atoms with van der Waals surface area (Å²) < 4.78 is 22.0. The van der Waals surface area contributed by atoms with Crippen LogP contribution in [0.3, 0.4) is 0 Å². The Morgan fingerprint density at radius 3 is 2.39 bits per heavy atom. The highest BCUT2D eigenvalue weighted by atomic mass is 16.6. The van der Waals surface area contributed by atoms with Crippen LogP contribution in [0, 0.1) is 11.8 Å². The summed E-state index contributed by atoms with van der Waals surface area (Å²) in [5.74, 6) is -5.03. The van der Waals surface area contributed by atoms with Crippen molar-refractivity contribution in [3.8, 4) is 0 Å². The van der Waals surface area contributed by atoms with Crippen LogP contribution in [0.2, 0.25) is 0 Å². The number of allylic oxidation sites excluding steroid dienone is 3. The molecule has 1 unspecified atom stereocenters. The van der Waals surface area contributed by atoms with Crippen LogP contribution in [0.1, 0.15) is 74.1 Å². The number of carbonyl (C=O) groups is 8. The maximum absolute atomic E-state index is 14.1. The van der Waals surface area contributed by atoms with Gasteiger partial charge in [0.1, 0.15) is 24.9 Å². The van der Waals surface area contributed by atoms with Crippen molar-refractivity contribution in [1.82, 2.24) is 20.9 Å². The lowest BCUT2D eigenvalue weighted by Gasteiger charge is -2.30. The Morgan fingerprint density at radius 2 is 1.72 bits per heavy atom. The second-order valence-electron chi connectivity index (χ2n) is 15.9. The predicted octanol–water partition coefficient (Wildman–Crippen LogP) is 1.79. The molecule has 1 saturated heterocycles. The van der Waals surface area contributed by atoms with Crippen molar-refractivity contribution < 1.29 is 67.5 Å². The Balaban J connectivity index is 1.33. The molecule has 3 aliphatic heterocycles. The Morgan fingerprint density at radius 1 is 0.984 bits per heavy atom. The van der Waals surface area contributed by atoms with E-state index in [1.54, 1.807) is 26.0 Å². The number of hydrogen-bond donors (Lipinski definition) is 7. The van der Waals surface area contributed by atoms with Crippen LogP contribution >= 0.6 is 0 Å². The third-order valence-corrected chi connectivity index (χ3v) is 11.3. The van der Waals surface area contributed by atoms with Crippen molar-refractivity contribution >= 4 is 53.2 Å². The van der Waals surface area contributed by atoms with Gasteiger partial charge in [-0.1, -0.05) is 44.2 Å². The molecule has 8 atom stereocenters. The second kappa shape index (κ2) is 21.3. The number of imide groups is 2. The zero-order valence-electron chi connectivity index (χ0n) is 36.3. The summed E-state index contributed by atoms with van der Waals surface area (Å²) >= 11 is 0. The number of Topliss-reactive ketones (excluding diaryl/α,β-unsaturated/α-hetero) is 1. The molecule has 0 radical (unpaired) electrons. The van der Waals surface area contributed by atoms with Crippen molar-refractivity contribution in [2.75, 3.05) is 32.7 Å². The summed E-state index contributed by atoms with van der Waals surface area (Å²) in [5, 5.41) is 33.0. The molecule has 64 heavy (non-hydrogen) atoms. The number of nitrogens with one attached hydrogen (secondary N) is 4. The monoisotopic (exact) mass is 890 g/mol. The fourth-order valence-corrected chi connectivity index (χ4v) is 7.99. The SMILES string of the molecule is CO[C@H]1/C=C\C=C(/C)C(=O)NC2=CC(O)C(NCCOC(=O)Nc3cccc4c3C(=O)N([C@H]3CCC(=O)NC3=O)C4=O)=C(C[C@@H](C)C[C@H](OC)[C@@H](O)[C@@H](C)/C=C(\C)[C@@H]1OC(N)=O)C2=O. The van der Waals surface area contributed by atoms with Crippen LogP contribution < -0.4 is 27.0 Å². The van der Waals surface area contributed by atoms with Gasteiger partial charge in [0.05, 0.1) is 40.4 Å². The van der Waals surface area contributed by atoms with Gasteiger partial charge in [-0.2, -0.15) is 0 Å². The number of nitrogens with two attached hydrogens (primary N) is 1. The van der Waals surface area contributed by atoms with Crippen LogP contribution in [0.25, 0.3) is 0 Å². The highest BCUT2D eigenvalue weighted by Gasteiger charge is 2.46. The summed E-state index contributed by atoms with van der Waals surface area (Å²) in [7, 11) is 2.84. The second-order valence-corrected chi connectivity index (χ2v) is 15.9. The molecule has 2 bridgehead atoms. The highest BCUT2D eigenvalue weighted by Crippen LogP contribution is 2.33. The maximum Gasteiger partial charge on any atom is 0.411 e. The third kappa shape index (κ3) is 11.2. The van der Waals surface area contributed by atoms with Gasteiger partial charge in [-0.25, -0.2) is 9.59 Å². The van der Waals surface area contributed by atoms with Crippen molar-refractivity contribution in [1.29, 1.82) is 0 Å². The maximum atomic E-state index is 14.1. The number of fused-ring (bicyclic) bond motifs is 3. The topological polar surface area (TPSA) is 291 Å². The molecule has 1 aromatic rings. The number of primary amides is 1. The van der Waals surface area contributed by atoms with Crippen LogP contribution in [0.5, 0.6) is 0 Å². The number of methoxy groups -OCH3 is 2. The van der Waals surface area contributed by atoms with Crippen LogP contribution in [0.4, 0.5) is 15.3 Å². The van der Waals surface area contributed by atoms with Gasteiger partial charge in [-0.15, -0.1) is 0 Å². The normalized spacial score (nSPS) is 29.3. The zero-order valence-corrected chi connectivity index (χ0v) is 36.3. The number of ether oxygens (including phenoxy) is 4. The molecule has 20 heteroatoms. The van der Waals surface area contributed by atoms with E-state index >= 15 is 0 Å². The summed E-state index contributed by atoms with van der Waals surface area (Å²) in [6.45, 7) is 6.35. The molecule has 5 rings (SSSR count). The minimum atomic E-state index is -1.42. The highest BCUT2D eigenvalue weighted by molar-refractivity contribution is 6.26. The number of nitrogens with zero attached hydrogens (tertiary/aromatic N) is 1. The largest absolute Gasteiger partial charge is 0.447 e. The minimum absolute atomic E-state index is 0.0475. The van der Waals surface area contributed by atoms with E-state index in [1.165, 1.54) is 57.6 Å². The minimum Gasteiger partial charge on any atom is -0.447 e. The molecular weight excluding hydrogens is 837 g/mol. The lowest BCUT2D eigenvalue weighted by molar-refractivity contribution is -0.136. The van der Waals surface area contributed by atoms with E-state index < -0.39 is 90.0 Å². The molecule has 1 fully saturated rings. The summed E-state index contributed by atoms with van der Waals surface area (Å²) in [5.41, 5.74) is 5.86. The van der Waals surface area contributed by atoms with Gasteiger partial charge in [0, 0.05) is 44.2 Å². The molecule has 1 aliphatic carbocycles. The number of anilines is 1. The molecule has 7 amide bonds. The smallest absolute Gasteiger partial charge is 0.411 e. The fraction of sp³-hybridized carbons (Fsp3) is 0.455. The molecule has 0 aromatic heterocycles. The number of aliphatic hydroxyl groups is 2. The van der Waals surface area contributed by atoms with E-state index in [9.17, 15) is 48.6 Å². The predicted molar refractivity (Wildman–Crippen MR) is 227 cm³/mol. The van der Waals surface area contributed by atoms with E-state index in [0.29, 0.717) is 5.57 Å². The van der Waals surface area contributed by atoms with E-state index in [1.807, 2.05) is 6.92 Å². The van der Waals surface area contributed by atoms with E-state index in [4.69, 9.17) is 24.7 Å². The van der Waals surface area contributed by atoms with Crippen molar-refractivity contribution in [2.45, 2.75) is 89.9 Å². The number of hydrogen-bond acceptors (Lipinski definition) is 15. The van der Waals surface area contributed by atoms with Gasteiger partial charge >= 0.3 is 12.2 Å². The molecule has 0 spiro atoms. The number of rotatable bonds is 9. The molecule has 3 heterocycles. The molecular formula is C44H54N6O14. The molecule has 8 N–H and O–H groups in total. The number of benzene rings is 1. The van der Waals surface area contributed by atoms with Gasteiger partial charge in [0.15, 0.2) is 6.10 Å². The van der Waals surface area contributed by atoms with Crippen molar-refractivity contribution in [3.05, 3.63) is 87.8 Å². The first-order valence-electron chi connectivity index (χ1n) is 20.6. The number of piperidine rings is 1. The van der Waals surface area contributed by atoms with Gasteiger partial charge in [-0.3, -0.25) is 44.3 Å². The molecule has 0 saturated carbocycles. The standard InChI is InChI=1S/C44H54N6O14/c1-21-17-26-35(46-15-16-63-44(60)48-27-11-8-10-25-34(27)42(58)50(41(25)57)29-13-14-33(52)49-40(29)56)30(51)20-28(37(26)54)47-39(55)22(2)9-7-12-31(61-5)38(64-43(45)59)24(4)19-23(3)36(53)32(18-21)62-6/h7-12,19-21,23,29-32,36,38,46,51,53H,13-18H2,1-6H3,(H2,45,59)(H,47,55)(H,48,60)(H,49,52,56)/b12-7-,22-9+,24-19+/t21-,23+,29+,30?,31+,32+,36+,38+/m1/s1. The average Bonchev–Trinajstić information content (AvgIpc) is 3.50. The van der Waals surface area contributed by atoms with E-state index in [0.717, 1.165) is 4.90 Å². The number of ketones is 1. The number of carbonyl (C=O) groups excluding carboxylic acids is 8. The lowest BCUT2D eigenvalue weighted by Crippen LogP contribution is -2.54. The van der Waals surface area contributed by atoms with Gasteiger partial charge in [0.2, 0.25) is 17.6 Å². The average molecular weight is 891 g/mol. The molecule has 344 valence electrons. The van der Waals surface area contributed by atoms with Crippen molar-refractivity contribution in [2.24, 2.45) is 17.6 Å². The Hall–Kier alpha value is -6.48. The summed E-state index contributed by atoms with van der Waals surface area (Å²) in [6.07, 6.45) is 0.440. The van der Waals surface area contributed by atoms with Gasteiger partial charge in [0.25, 0.3) is 17.7 Å². The van der Waals surface area contributed by atoms with E-state index in [2.05, 4.69) is 21.3 Å². The fourth-order valence-electron chi connectivity index (χ4n) is 7.99. The first-order valence-corrected chi connectivity index (χ1v) is 20.6.